The van der Waals surface area contributed by atoms with Gasteiger partial charge >= 0.3 is 5.97 Å². The van der Waals surface area contributed by atoms with E-state index in [0.717, 1.165) is 11.1 Å². The van der Waals surface area contributed by atoms with Gasteiger partial charge < -0.3 is 15.6 Å². The van der Waals surface area contributed by atoms with Gasteiger partial charge in [-0.3, -0.25) is 0 Å². The molecule has 1 rings (SSSR count). The smallest absolute Gasteiger partial charge is 0.338 e. The van der Waals surface area contributed by atoms with E-state index in [4.69, 9.17) is 10.5 Å². The number of ether oxygens (including phenoxy) is 1. The van der Waals surface area contributed by atoms with Gasteiger partial charge in [0.05, 0.1) is 5.56 Å². The molecule has 0 radical (unpaired) electrons. The van der Waals surface area contributed by atoms with Crippen LogP contribution in [0.5, 0.6) is 5.75 Å². The third-order valence-corrected chi connectivity index (χ3v) is 3.31. The van der Waals surface area contributed by atoms with Gasteiger partial charge in [0.2, 0.25) is 0 Å². The summed E-state index contributed by atoms with van der Waals surface area (Å²) in [6, 6.07) is 3.42. The van der Waals surface area contributed by atoms with Crippen molar-refractivity contribution >= 4 is 5.97 Å². The van der Waals surface area contributed by atoms with Gasteiger partial charge in [0, 0.05) is 17.7 Å². The van der Waals surface area contributed by atoms with Crippen molar-refractivity contribution < 1.29 is 14.6 Å². The first-order chi connectivity index (χ1) is 9.48. The highest BCUT2D eigenvalue weighted by atomic mass is 16.5. The lowest BCUT2D eigenvalue weighted by atomic mass is 9.78. The highest BCUT2D eigenvalue weighted by molar-refractivity contribution is 5.90. The largest absolute Gasteiger partial charge is 0.507 e. The number of nitrogens with two attached hydrogens (primary N) is 1. The number of rotatable bonds is 3. The van der Waals surface area contributed by atoms with Gasteiger partial charge in [-0.05, 0) is 23.0 Å². The topological polar surface area (TPSA) is 72.5 Å². The van der Waals surface area contributed by atoms with E-state index < -0.39 is 5.97 Å². The molecule has 0 aliphatic rings. The quantitative estimate of drug-likeness (QED) is 0.840. The van der Waals surface area contributed by atoms with Crippen LogP contribution in [0.25, 0.3) is 0 Å². The maximum absolute atomic E-state index is 12.1. The first-order valence-electron chi connectivity index (χ1n) is 7.23. The Morgan fingerprint density at radius 1 is 1.10 bits per heavy atom. The molecular formula is C17H27NO3. The molecule has 1 aromatic rings. The Bertz CT molecular complexity index is 487. The zero-order valence-electron chi connectivity index (χ0n) is 13.9. The summed E-state index contributed by atoms with van der Waals surface area (Å²) in [5.74, 6) is -0.151. The summed E-state index contributed by atoms with van der Waals surface area (Å²) < 4.78 is 5.11. The van der Waals surface area contributed by atoms with Crippen molar-refractivity contribution in [2.45, 2.75) is 52.4 Å². The van der Waals surface area contributed by atoms with Gasteiger partial charge in [0.15, 0.2) is 0 Å². The molecule has 0 amide bonds. The summed E-state index contributed by atoms with van der Waals surface area (Å²) in [5, 5.41) is 10.6. The van der Waals surface area contributed by atoms with Gasteiger partial charge in [-0.15, -0.1) is 0 Å². The molecule has 0 atom stereocenters. The molecule has 0 saturated heterocycles. The van der Waals surface area contributed by atoms with Crippen LogP contribution >= 0.6 is 0 Å². The maximum Gasteiger partial charge on any atom is 0.338 e. The minimum atomic E-state index is -0.406. The molecule has 0 aliphatic carbocycles. The summed E-state index contributed by atoms with van der Waals surface area (Å²) in [4.78, 5) is 12.1. The van der Waals surface area contributed by atoms with Crippen LogP contribution < -0.4 is 5.73 Å². The highest BCUT2D eigenvalue weighted by Gasteiger charge is 2.28. The van der Waals surface area contributed by atoms with Crippen molar-refractivity contribution in [1.82, 2.24) is 0 Å². The first-order valence-corrected chi connectivity index (χ1v) is 7.23. The van der Waals surface area contributed by atoms with Crippen LogP contribution in [0.1, 0.15) is 63.0 Å². The molecule has 0 heterocycles. The molecule has 3 N–H and O–H groups in total. The molecule has 0 bridgehead atoms. The van der Waals surface area contributed by atoms with E-state index in [9.17, 15) is 9.90 Å². The van der Waals surface area contributed by atoms with Gasteiger partial charge in [-0.25, -0.2) is 4.79 Å². The normalized spacial score (nSPS) is 12.3. The Kier molecular flexibility index (Phi) is 5.05. The lowest BCUT2D eigenvalue weighted by Gasteiger charge is -2.27. The van der Waals surface area contributed by atoms with E-state index in [1.165, 1.54) is 0 Å². The molecule has 0 aromatic heterocycles. The first kappa shape index (κ1) is 17.5. The second kappa shape index (κ2) is 6.06. The van der Waals surface area contributed by atoms with Gasteiger partial charge in [0.1, 0.15) is 12.4 Å². The molecule has 21 heavy (non-hydrogen) atoms. The number of benzene rings is 1. The lowest BCUT2D eigenvalue weighted by molar-refractivity contribution is 0.0516. The van der Waals surface area contributed by atoms with Gasteiger partial charge in [-0.2, -0.15) is 0 Å². The fourth-order valence-electron chi connectivity index (χ4n) is 2.13. The molecule has 0 saturated carbocycles. The van der Waals surface area contributed by atoms with E-state index in [-0.39, 0.29) is 23.2 Å². The highest BCUT2D eigenvalue weighted by Crippen LogP contribution is 2.39. The average Bonchev–Trinajstić information content (AvgIpc) is 2.33. The van der Waals surface area contributed by atoms with Crippen molar-refractivity contribution in [2.24, 2.45) is 5.73 Å². The van der Waals surface area contributed by atoms with Crippen molar-refractivity contribution in [3.05, 3.63) is 28.8 Å². The summed E-state index contributed by atoms with van der Waals surface area (Å²) in [7, 11) is 0. The summed E-state index contributed by atoms with van der Waals surface area (Å²) in [6.45, 7) is 12.5. The zero-order valence-corrected chi connectivity index (χ0v) is 13.9. The molecule has 118 valence electrons. The second-order valence-corrected chi connectivity index (χ2v) is 7.34. The number of hydrogen-bond acceptors (Lipinski definition) is 4. The molecule has 0 fully saturated rings. The van der Waals surface area contributed by atoms with Crippen LogP contribution in [0.4, 0.5) is 0 Å². The van der Waals surface area contributed by atoms with E-state index in [0.29, 0.717) is 12.1 Å². The fourth-order valence-corrected chi connectivity index (χ4v) is 2.13. The van der Waals surface area contributed by atoms with Crippen molar-refractivity contribution in [1.29, 1.82) is 0 Å². The second-order valence-electron chi connectivity index (χ2n) is 7.34. The van der Waals surface area contributed by atoms with E-state index in [1.54, 1.807) is 12.1 Å². The number of carbonyl (C=O) groups is 1. The van der Waals surface area contributed by atoms with Crippen LogP contribution in [0.2, 0.25) is 0 Å². The van der Waals surface area contributed by atoms with Gasteiger partial charge in [-0.1, -0.05) is 41.5 Å². The van der Waals surface area contributed by atoms with Crippen LogP contribution in [-0.2, 0) is 15.6 Å². The Morgan fingerprint density at radius 3 is 1.86 bits per heavy atom. The molecule has 4 heteroatoms. The number of aromatic hydroxyl groups is 1. The maximum atomic E-state index is 12.1. The number of carbonyl (C=O) groups excluding carboxylic acids is 1. The van der Waals surface area contributed by atoms with Crippen LogP contribution in [0.3, 0.4) is 0 Å². The summed E-state index contributed by atoms with van der Waals surface area (Å²) in [5.41, 5.74) is 6.77. The minimum Gasteiger partial charge on any atom is -0.507 e. The van der Waals surface area contributed by atoms with Crippen LogP contribution in [-0.4, -0.2) is 24.2 Å². The van der Waals surface area contributed by atoms with E-state index in [1.807, 2.05) is 41.5 Å². The monoisotopic (exact) mass is 293 g/mol. The molecule has 0 unspecified atom stereocenters. The standard InChI is InChI=1S/C17H27NO3/c1-16(2,3)12-9-11(15(20)21-8-7-18)10-13(14(12)19)17(4,5)6/h9-10,19H,7-8,18H2,1-6H3. The summed E-state index contributed by atoms with van der Waals surface area (Å²) >= 11 is 0. The Morgan fingerprint density at radius 2 is 1.52 bits per heavy atom. The lowest BCUT2D eigenvalue weighted by Crippen LogP contribution is -2.20. The van der Waals surface area contributed by atoms with Crippen LogP contribution in [0, 0.1) is 0 Å². The average molecular weight is 293 g/mol. The number of esters is 1. The van der Waals surface area contributed by atoms with Crippen molar-refractivity contribution in [3.8, 4) is 5.75 Å². The number of phenolic OH excluding ortho intramolecular Hbond substituents is 1. The fraction of sp³-hybridized carbons (Fsp3) is 0.588. The predicted molar refractivity (Wildman–Crippen MR) is 84.8 cm³/mol. The van der Waals surface area contributed by atoms with Crippen molar-refractivity contribution in [2.75, 3.05) is 13.2 Å². The van der Waals surface area contributed by atoms with E-state index >= 15 is 0 Å². The number of phenols is 1. The zero-order chi connectivity index (χ0) is 16.4. The molecule has 1 aromatic carbocycles. The molecule has 0 aliphatic heterocycles. The van der Waals surface area contributed by atoms with Crippen LogP contribution in [0.15, 0.2) is 12.1 Å². The van der Waals surface area contributed by atoms with Gasteiger partial charge in [0.25, 0.3) is 0 Å². The molecular weight excluding hydrogens is 266 g/mol. The Hall–Kier alpha value is -1.55. The number of hydrogen-bond donors (Lipinski definition) is 2. The van der Waals surface area contributed by atoms with Crippen molar-refractivity contribution in [3.63, 3.8) is 0 Å². The Labute approximate surface area is 127 Å². The third kappa shape index (κ3) is 4.21. The third-order valence-electron chi connectivity index (χ3n) is 3.31. The Balaban J connectivity index is 3.44. The SMILES string of the molecule is CC(C)(C)c1cc(C(=O)OCCN)cc(C(C)(C)C)c1O. The van der Waals surface area contributed by atoms with E-state index in [2.05, 4.69) is 0 Å². The minimum absolute atomic E-state index is 0.190. The molecule has 4 nitrogen and oxygen atoms in total. The predicted octanol–water partition coefficient (Wildman–Crippen LogP) is 3.10. The summed E-state index contributed by atoms with van der Waals surface area (Å²) in [6.07, 6.45) is 0. The molecule has 0 spiro atoms.